The number of aromatic nitrogens is 1. The predicted molar refractivity (Wildman–Crippen MR) is 175 cm³/mol. The number of nitrogens with one attached hydrogen (secondary N) is 2. The lowest BCUT2D eigenvalue weighted by molar-refractivity contribution is -0.125. The van der Waals surface area contributed by atoms with Gasteiger partial charge >= 0.3 is 0 Å². The largest absolute Gasteiger partial charge is 0.382 e. The van der Waals surface area contributed by atoms with Crippen LogP contribution in [0, 0.1) is 24.6 Å². The summed E-state index contributed by atoms with van der Waals surface area (Å²) >= 11 is 0. The van der Waals surface area contributed by atoms with Crippen LogP contribution in [0.5, 0.6) is 0 Å². The van der Waals surface area contributed by atoms with E-state index in [9.17, 15) is 9.59 Å². The highest BCUT2D eigenvalue weighted by molar-refractivity contribution is 5.99. The van der Waals surface area contributed by atoms with Crippen molar-refractivity contribution in [2.75, 3.05) is 23.8 Å². The predicted octanol–water partition coefficient (Wildman–Crippen LogP) is 7.23. The first-order valence-corrected chi connectivity index (χ1v) is 16.3. The number of piperidine rings is 1. The molecule has 3 fully saturated rings. The molecule has 234 valence electrons. The monoisotopic (exact) mass is 608 g/mol. The standard InChI is InChI=1S/C37H41FN4O3/c1-23-5-3-7-31(38)34(23)37(44)42-33-8-4-6-25(33)22-30(36(43)40-29-13-14-32-26(21-29)15-18-41(32)2)35(42)24-9-11-27(12-10-24)39-28-16-19-45-20-17-28/h3,5,7,9-15,18,21,25,28,30,33,35,39H,4,6,8,16-17,19-20,22H2,1-2H3,(H,40,43). The van der Waals surface area contributed by atoms with Crippen molar-refractivity contribution in [2.45, 2.75) is 63.6 Å². The fraction of sp³-hybridized carbons (Fsp3) is 0.405. The fourth-order valence-electron chi connectivity index (χ4n) is 7.91. The second-order valence-corrected chi connectivity index (χ2v) is 13.0. The molecule has 3 aliphatic rings. The van der Waals surface area contributed by atoms with Crippen LogP contribution in [0.4, 0.5) is 15.8 Å². The van der Waals surface area contributed by atoms with Crippen LogP contribution < -0.4 is 10.6 Å². The Labute approximate surface area is 263 Å². The summed E-state index contributed by atoms with van der Waals surface area (Å²) in [7, 11) is 2.00. The zero-order valence-electron chi connectivity index (χ0n) is 26.0. The molecule has 8 heteroatoms. The molecule has 4 aromatic rings. The number of amides is 2. The zero-order chi connectivity index (χ0) is 31.1. The van der Waals surface area contributed by atoms with Crippen LogP contribution in [0.2, 0.25) is 0 Å². The molecule has 1 aromatic heterocycles. The van der Waals surface area contributed by atoms with Crippen molar-refractivity contribution in [3.05, 3.63) is 95.4 Å². The Morgan fingerprint density at radius 1 is 0.933 bits per heavy atom. The van der Waals surface area contributed by atoms with Gasteiger partial charge in [0, 0.05) is 60.8 Å². The van der Waals surface area contributed by atoms with E-state index in [4.69, 9.17) is 4.74 Å². The number of halogens is 1. The second kappa shape index (κ2) is 12.3. The summed E-state index contributed by atoms with van der Waals surface area (Å²) in [6, 6.07) is 20.7. The molecule has 2 amide bonds. The first-order chi connectivity index (χ1) is 21.9. The van der Waals surface area contributed by atoms with Gasteiger partial charge in [-0.3, -0.25) is 9.59 Å². The molecule has 0 spiro atoms. The number of rotatable bonds is 6. The van der Waals surface area contributed by atoms with Crippen LogP contribution in [0.3, 0.4) is 0 Å². The normalized spacial score (nSPS) is 23.6. The highest BCUT2D eigenvalue weighted by Crippen LogP contribution is 2.49. The van der Waals surface area contributed by atoms with E-state index in [1.165, 1.54) is 6.07 Å². The van der Waals surface area contributed by atoms with Gasteiger partial charge in [-0.05, 0) is 98.5 Å². The zero-order valence-corrected chi connectivity index (χ0v) is 26.0. The van der Waals surface area contributed by atoms with E-state index in [2.05, 4.69) is 10.6 Å². The lowest BCUT2D eigenvalue weighted by atomic mass is 9.76. The summed E-state index contributed by atoms with van der Waals surface area (Å²) in [5.41, 5.74) is 4.40. The van der Waals surface area contributed by atoms with Crippen molar-refractivity contribution in [1.29, 1.82) is 0 Å². The van der Waals surface area contributed by atoms with Gasteiger partial charge in [0.15, 0.2) is 0 Å². The Bertz CT molecular complexity index is 1690. The van der Waals surface area contributed by atoms with Crippen LogP contribution in [0.25, 0.3) is 10.9 Å². The molecule has 4 unspecified atom stereocenters. The quantitative estimate of drug-likeness (QED) is 0.242. The number of nitrogens with zero attached hydrogens (tertiary/aromatic N) is 2. The third kappa shape index (κ3) is 5.72. The summed E-state index contributed by atoms with van der Waals surface area (Å²) in [5, 5.41) is 7.86. The third-order valence-electron chi connectivity index (χ3n) is 10.2. The molecule has 2 saturated heterocycles. The van der Waals surface area contributed by atoms with E-state index in [1.54, 1.807) is 19.1 Å². The topological polar surface area (TPSA) is 75.6 Å². The number of fused-ring (bicyclic) bond motifs is 2. The Kier molecular flexibility index (Phi) is 8.08. The molecule has 45 heavy (non-hydrogen) atoms. The highest BCUT2D eigenvalue weighted by Gasteiger charge is 2.50. The first-order valence-electron chi connectivity index (χ1n) is 16.3. The number of anilines is 2. The molecule has 3 heterocycles. The fourth-order valence-corrected chi connectivity index (χ4v) is 7.91. The Morgan fingerprint density at radius 3 is 2.49 bits per heavy atom. The van der Waals surface area contributed by atoms with Gasteiger partial charge in [-0.15, -0.1) is 0 Å². The minimum atomic E-state index is -0.534. The van der Waals surface area contributed by atoms with Gasteiger partial charge in [-0.25, -0.2) is 4.39 Å². The molecular formula is C37H41FN4O3. The van der Waals surface area contributed by atoms with Gasteiger partial charge in [-0.2, -0.15) is 0 Å². The molecule has 2 N–H and O–H groups in total. The second-order valence-electron chi connectivity index (χ2n) is 13.0. The maximum atomic E-state index is 15.3. The minimum absolute atomic E-state index is 0.0498. The number of ether oxygens (including phenoxy) is 1. The molecule has 7 rings (SSSR count). The van der Waals surface area contributed by atoms with Gasteiger partial charge in [0.1, 0.15) is 5.82 Å². The number of hydrogen-bond donors (Lipinski definition) is 2. The van der Waals surface area contributed by atoms with E-state index < -0.39 is 17.8 Å². The molecule has 1 aliphatic carbocycles. The molecule has 4 atom stereocenters. The van der Waals surface area contributed by atoms with Gasteiger partial charge < -0.3 is 24.8 Å². The molecule has 3 aromatic carbocycles. The van der Waals surface area contributed by atoms with Crippen molar-refractivity contribution in [1.82, 2.24) is 9.47 Å². The molecular weight excluding hydrogens is 567 g/mol. The number of carbonyl (C=O) groups is 2. The van der Waals surface area contributed by atoms with Crippen LogP contribution >= 0.6 is 0 Å². The van der Waals surface area contributed by atoms with Crippen molar-refractivity contribution in [3.8, 4) is 0 Å². The van der Waals surface area contributed by atoms with Gasteiger partial charge in [0.25, 0.3) is 5.91 Å². The Balaban J connectivity index is 1.26. The molecule has 1 saturated carbocycles. The smallest absolute Gasteiger partial charge is 0.257 e. The molecule has 2 aliphatic heterocycles. The van der Waals surface area contributed by atoms with Crippen molar-refractivity contribution in [3.63, 3.8) is 0 Å². The number of likely N-dealkylation sites (tertiary alicyclic amines) is 1. The van der Waals surface area contributed by atoms with Crippen molar-refractivity contribution < 1.29 is 18.7 Å². The van der Waals surface area contributed by atoms with Crippen molar-refractivity contribution in [2.24, 2.45) is 18.9 Å². The summed E-state index contributed by atoms with van der Waals surface area (Å²) in [4.78, 5) is 30.7. The van der Waals surface area contributed by atoms with Crippen LogP contribution in [0.15, 0.2) is 72.9 Å². The number of benzene rings is 3. The minimum Gasteiger partial charge on any atom is -0.382 e. The van der Waals surface area contributed by atoms with E-state index in [0.29, 0.717) is 18.0 Å². The highest BCUT2D eigenvalue weighted by atomic mass is 19.1. The van der Waals surface area contributed by atoms with Crippen molar-refractivity contribution >= 4 is 34.1 Å². The molecule has 0 radical (unpaired) electrons. The number of hydrogen-bond acceptors (Lipinski definition) is 4. The maximum absolute atomic E-state index is 15.3. The van der Waals surface area contributed by atoms with Gasteiger partial charge in [0.05, 0.1) is 17.5 Å². The third-order valence-corrected chi connectivity index (χ3v) is 10.2. The SMILES string of the molecule is Cc1cccc(F)c1C(=O)N1C2CCCC2CC(C(=O)Nc2ccc3c(ccn3C)c2)C1c1ccc(NC2CCOCC2)cc1. The summed E-state index contributed by atoms with van der Waals surface area (Å²) in [6.07, 6.45) is 7.37. The Hall–Kier alpha value is -4.17. The summed E-state index contributed by atoms with van der Waals surface area (Å²) in [5.74, 6) is -1.29. The van der Waals surface area contributed by atoms with Crippen LogP contribution in [0.1, 0.15) is 66.1 Å². The van der Waals surface area contributed by atoms with E-state index in [0.717, 1.165) is 73.2 Å². The van der Waals surface area contributed by atoms with Gasteiger partial charge in [-0.1, -0.05) is 30.7 Å². The van der Waals surface area contributed by atoms with E-state index in [-0.39, 0.29) is 29.3 Å². The number of aryl methyl sites for hydroxylation is 2. The maximum Gasteiger partial charge on any atom is 0.257 e. The molecule has 7 nitrogen and oxygen atoms in total. The van der Waals surface area contributed by atoms with Crippen LogP contribution in [-0.2, 0) is 16.6 Å². The average Bonchev–Trinajstić information content (AvgIpc) is 3.67. The number of carbonyl (C=O) groups excluding carboxylic acids is 2. The van der Waals surface area contributed by atoms with E-state index in [1.807, 2.05) is 71.2 Å². The first kappa shape index (κ1) is 29.5. The van der Waals surface area contributed by atoms with Crippen LogP contribution in [-0.4, -0.2) is 46.6 Å². The van der Waals surface area contributed by atoms with Gasteiger partial charge in [0.2, 0.25) is 5.91 Å². The Morgan fingerprint density at radius 2 is 1.71 bits per heavy atom. The average molecular weight is 609 g/mol. The summed E-state index contributed by atoms with van der Waals surface area (Å²) in [6.45, 7) is 3.28. The molecule has 0 bridgehead atoms. The lowest BCUT2D eigenvalue weighted by Gasteiger charge is -2.48. The van der Waals surface area contributed by atoms with E-state index >= 15 is 4.39 Å². The lowest BCUT2D eigenvalue weighted by Crippen LogP contribution is -2.54. The summed E-state index contributed by atoms with van der Waals surface area (Å²) < 4.78 is 22.9.